The second-order valence-corrected chi connectivity index (χ2v) is 5.81. The van der Waals surface area contributed by atoms with Crippen molar-refractivity contribution >= 4 is 17.3 Å². The maximum Gasteiger partial charge on any atom is 0.204 e. The predicted molar refractivity (Wildman–Crippen MR) is 88.7 cm³/mol. The van der Waals surface area contributed by atoms with Gasteiger partial charge in [-0.3, -0.25) is 4.79 Å². The van der Waals surface area contributed by atoms with Crippen molar-refractivity contribution in [1.82, 2.24) is 4.37 Å². The van der Waals surface area contributed by atoms with Crippen molar-refractivity contribution in [3.05, 3.63) is 70.6 Å². The highest BCUT2D eigenvalue weighted by molar-refractivity contribution is 7.08. The van der Waals surface area contributed by atoms with Crippen LogP contribution in [0.3, 0.4) is 0 Å². The van der Waals surface area contributed by atoms with E-state index in [-0.39, 0.29) is 5.78 Å². The first kappa shape index (κ1) is 14.5. The molecular weight excluding hydrogens is 294 g/mol. The summed E-state index contributed by atoms with van der Waals surface area (Å²) in [5.74, 6) is 0.722. The molecule has 3 nitrogen and oxygen atoms in total. The van der Waals surface area contributed by atoms with Crippen LogP contribution in [-0.2, 0) is 0 Å². The monoisotopic (exact) mass is 309 g/mol. The van der Waals surface area contributed by atoms with Crippen molar-refractivity contribution in [3.63, 3.8) is 0 Å². The van der Waals surface area contributed by atoms with Gasteiger partial charge >= 0.3 is 0 Å². The van der Waals surface area contributed by atoms with E-state index >= 15 is 0 Å². The molecule has 4 heteroatoms. The number of rotatable bonds is 4. The van der Waals surface area contributed by atoms with Crippen molar-refractivity contribution < 1.29 is 9.53 Å². The highest BCUT2D eigenvalue weighted by atomic mass is 32.1. The van der Waals surface area contributed by atoms with E-state index in [0.29, 0.717) is 10.4 Å². The Kier molecular flexibility index (Phi) is 4.02. The van der Waals surface area contributed by atoms with Gasteiger partial charge in [-0.15, -0.1) is 0 Å². The molecule has 3 rings (SSSR count). The summed E-state index contributed by atoms with van der Waals surface area (Å²) in [7, 11) is 1.61. The first-order chi connectivity index (χ1) is 10.7. The van der Waals surface area contributed by atoms with Gasteiger partial charge in [-0.2, -0.15) is 4.37 Å². The minimum Gasteiger partial charge on any atom is -0.497 e. The van der Waals surface area contributed by atoms with Crippen LogP contribution < -0.4 is 4.74 Å². The molecule has 1 heterocycles. The Morgan fingerprint density at radius 3 is 2.36 bits per heavy atom. The number of ketones is 1. The molecule has 0 aliphatic heterocycles. The molecule has 22 heavy (non-hydrogen) atoms. The van der Waals surface area contributed by atoms with Gasteiger partial charge in [0.15, 0.2) is 0 Å². The lowest BCUT2D eigenvalue weighted by Crippen LogP contribution is -1.98. The summed E-state index contributed by atoms with van der Waals surface area (Å²) >= 11 is 1.23. The zero-order chi connectivity index (χ0) is 15.5. The van der Waals surface area contributed by atoms with Crippen LogP contribution in [-0.4, -0.2) is 17.3 Å². The van der Waals surface area contributed by atoms with Crippen molar-refractivity contribution in [3.8, 4) is 17.0 Å². The van der Waals surface area contributed by atoms with E-state index in [0.717, 1.165) is 17.0 Å². The molecule has 0 spiro atoms. The Hall–Kier alpha value is -2.46. The van der Waals surface area contributed by atoms with E-state index in [4.69, 9.17) is 4.74 Å². The Balaban J connectivity index is 1.86. The second kappa shape index (κ2) is 6.12. The molecule has 0 aliphatic carbocycles. The molecule has 0 radical (unpaired) electrons. The van der Waals surface area contributed by atoms with E-state index in [2.05, 4.69) is 4.37 Å². The third-order valence-corrected chi connectivity index (χ3v) is 4.22. The van der Waals surface area contributed by atoms with Gasteiger partial charge in [-0.25, -0.2) is 0 Å². The van der Waals surface area contributed by atoms with Crippen LogP contribution in [0.25, 0.3) is 11.3 Å². The number of aromatic nitrogens is 1. The van der Waals surface area contributed by atoms with Crippen LogP contribution in [0, 0.1) is 6.92 Å². The van der Waals surface area contributed by atoms with E-state index in [1.165, 1.54) is 17.1 Å². The Morgan fingerprint density at radius 2 is 1.73 bits per heavy atom. The Labute approximate surface area is 133 Å². The summed E-state index contributed by atoms with van der Waals surface area (Å²) in [6, 6.07) is 17.1. The number of nitrogens with zero attached hydrogens (tertiary/aromatic N) is 1. The van der Waals surface area contributed by atoms with Gasteiger partial charge in [-0.05, 0) is 48.8 Å². The molecule has 0 aliphatic rings. The number of benzene rings is 2. The van der Waals surface area contributed by atoms with Crippen molar-refractivity contribution in [2.24, 2.45) is 0 Å². The van der Waals surface area contributed by atoms with Gasteiger partial charge in [0.25, 0.3) is 0 Å². The van der Waals surface area contributed by atoms with Gasteiger partial charge in [0.1, 0.15) is 5.75 Å². The fraction of sp³-hybridized carbons (Fsp3) is 0.111. The number of methoxy groups -OCH3 is 1. The fourth-order valence-electron chi connectivity index (χ4n) is 2.13. The third kappa shape index (κ3) is 2.92. The topological polar surface area (TPSA) is 39.2 Å². The normalized spacial score (nSPS) is 10.5. The van der Waals surface area contributed by atoms with E-state index < -0.39 is 0 Å². The number of ether oxygens (including phenoxy) is 1. The first-order valence-corrected chi connectivity index (χ1v) is 7.67. The van der Waals surface area contributed by atoms with Gasteiger partial charge in [0, 0.05) is 11.1 Å². The zero-order valence-corrected chi connectivity index (χ0v) is 13.2. The number of hydrogen-bond donors (Lipinski definition) is 0. The molecule has 0 unspecified atom stereocenters. The molecule has 1 aromatic heterocycles. The minimum atomic E-state index is -0.0153. The molecule has 0 N–H and O–H groups in total. The summed E-state index contributed by atoms with van der Waals surface area (Å²) in [4.78, 5) is 13.1. The molecular formula is C18H15NO2S. The summed E-state index contributed by atoms with van der Waals surface area (Å²) < 4.78 is 9.50. The quantitative estimate of drug-likeness (QED) is 0.672. The summed E-state index contributed by atoms with van der Waals surface area (Å²) in [6.07, 6.45) is 0. The Bertz CT molecular complexity index is 789. The van der Waals surface area contributed by atoms with Crippen LogP contribution in [0.15, 0.2) is 54.6 Å². The molecule has 0 fully saturated rings. The number of carbonyl (C=O) groups excluding carboxylic acids is 1. The molecule has 2 aromatic carbocycles. The SMILES string of the molecule is COc1ccc(C(=O)c2cc(-c3ccc(C)cc3)ns2)cc1. The smallest absolute Gasteiger partial charge is 0.204 e. The standard InChI is InChI=1S/C18H15NO2S/c1-12-3-5-13(6-4-12)16-11-17(22-19-16)18(20)14-7-9-15(21-2)10-8-14/h3-11H,1-2H3. The molecule has 0 bridgehead atoms. The number of carbonyl (C=O) groups is 1. The molecule has 0 saturated heterocycles. The van der Waals surface area contributed by atoms with Gasteiger partial charge < -0.3 is 4.74 Å². The lowest BCUT2D eigenvalue weighted by molar-refractivity contribution is 0.104. The number of aryl methyl sites for hydroxylation is 1. The minimum absolute atomic E-state index is 0.0153. The predicted octanol–water partition coefficient (Wildman–Crippen LogP) is 4.36. The first-order valence-electron chi connectivity index (χ1n) is 6.90. The molecule has 3 aromatic rings. The van der Waals surface area contributed by atoms with Gasteiger partial charge in [-0.1, -0.05) is 29.8 Å². The molecule has 110 valence electrons. The summed E-state index contributed by atoms with van der Waals surface area (Å²) in [5, 5.41) is 0. The lowest BCUT2D eigenvalue weighted by atomic mass is 10.1. The van der Waals surface area contributed by atoms with E-state index in [1.807, 2.05) is 37.3 Å². The lowest BCUT2D eigenvalue weighted by Gasteiger charge is -2.01. The van der Waals surface area contributed by atoms with E-state index in [1.54, 1.807) is 31.4 Å². The Morgan fingerprint density at radius 1 is 1.05 bits per heavy atom. The van der Waals surface area contributed by atoms with Crippen molar-refractivity contribution in [1.29, 1.82) is 0 Å². The van der Waals surface area contributed by atoms with E-state index in [9.17, 15) is 4.79 Å². The zero-order valence-electron chi connectivity index (χ0n) is 12.4. The molecule has 0 atom stereocenters. The van der Waals surface area contributed by atoms with Crippen molar-refractivity contribution in [2.45, 2.75) is 6.92 Å². The maximum atomic E-state index is 12.5. The molecule has 0 amide bonds. The van der Waals surface area contributed by atoms with Crippen LogP contribution in [0.2, 0.25) is 0 Å². The van der Waals surface area contributed by atoms with Gasteiger partial charge in [0.05, 0.1) is 17.7 Å². The van der Waals surface area contributed by atoms with Crippen LogP contribution in [0.1, 0.15) is 20.8 Å². The second-order valence-electron chi connectivity index (χ2n) is 5.00. The fourth-order valence-corrected chi connectivity index (χ4v) is 2.85. The summed E-state index contributed by atoms with van der Waals surface area (Å²) in [6.45, 7) is 2.05. The third-order valence-electron chi connectivity index (χ3n) is 3.43. The average Bonchev–Trinajstić information content (AvgIpc) is 3.05. The average molecular weight is 309 g/mol. The summed E-state index contributed by atoms with van der Waals surface area (Å²) in [5.41, 5.74) is 3.70. The van der Waals surface area contributed by atoms with Crippen LogP contribution in [0.5, 0.6) is 5.75 Å². The van der Waals surface area contributed by atoms with Gasteiger partial charge in [0.2, 0.25) is 5.78 Å². The van der Waals surface area contributed by atoms with Crippen LogP contribution >= 0.6 is 11.5 Å². The highest BCUT2D eigenvalue weighted by Crippen LogP contribution is 2.24. The number of hydrogen-bond acceptors (Lipinski definition) is 4. The van der Waals surface area contributed by atoms with Crippen LogP contribution in [0.4, 0.5) is 0 Å². The van der Waals surface area contributed by atoms with Crippen molar-refractivity contribution in [2.75, 3.05) is 7.11 Å². The highest BCUT2D eigenvalue weighted by Gasteiger charge is 2.14. The maximum absolute atomic E-state index is 12.5. The molecule has 0 saturated carbocycles. The largest absolute Gasteiger partial charge is 0.497 e.